The Kier molecular flexibility index (Phi) is 11.4. The van der Waals surface area contributed by atoms with Crippen LogP contribution in [0.5, 0.6) is 0 Å². The molecule has 0 aromatic heterocycles. The maximum atomic E-state index is 11.1. The normalized spacial score (nSPS) is 10.1. The molecule has 0 atom stereocenters. The Morgan fingerprint density at radius 3 is 2.69 bits per heavy atom. The summed E-state index contributed by atoms with van der Waals surface area (Å²) in [4.78, 5) is 21.0. The van der Waals surface area contributed by atoms with Crippen molar-refractivity contribution in [1.82, 2.24) is 5.32 Å². The van der Waals surface area contributed by atoms with Crippen LogP contribution in [0.3, 0.4) is 0 Å². The second-order valence-corrected chi connectivity index (χ2v) is 3.10. The van der Waals surface area contributed by atoms with E-state index in [-0.39, 0.29) is 12.5 Å². The van der Waals surface area contributed by atoms with Crippen molar-refractivity contribution in [1.29, 1.82) is 0 Å². The van der Waals surface area contributed by atoms with Crippen LogP contribution in [0.4, 0.5) is 0 Å². The van der Waals surface area contributed by atoms with Gasteiger partial charge in [-0.1, -0.05) is 0 Å². The van der Waals surface area contributed by atoms with Crippen molar-refractivity contribution in [2.45, 2.75) is 12.8 Å². The van der Waals surface area contributed by atoms with E-state index in [1.807, 2.05) is 0 Å². The van der Waals surface area contributed by atoms with Gasteiger partial charge in [-0.15, -0.1) is 0 Å². The van der Waals surface area contributed by atoms with Gasteiger partial charge in [0.05, 0.1) is 19.8 Å². The topological polar surface area (TPSA) is 90.7 Å². The van der Waals surface area contributed by atoms with Crippen LogP contribution < -0.4 is 11.1 Å². The van der Waals surface area contributed by atoms with E-state index < -0.39 is 0 Å². The molecule has 0 aliphatic carbocycles. The number of rotatable bonds is 11. The van der Waals surface area contributed by atoms with E-state index in [9.17, 15) is 9.59 Å². The van der Waals surface area contributed by atoms with E-state index in [0.29, 0.717) is 52.0 Å². The van der Waals surface area contributed by atoms with Crippen LogP contribution in [0, 0.1) is 0 Å². The van der Waals surface area contributed by atoms with Gasteiger partial charge in [0.15, 0.2) is 0 Å². The van der Waals surface area contributed by atoms with Gasteiger partial charge in [-0.3, -0.25) is 4.79 Å². The number of ether oxygens (including phenoxy) is 2. The first-order chi connectivity index (χ1) is 7.81. The van der Waals surface area contributed by atoms with Gasteiger partial charge in [-0.05, 0) is 13.0 Å². The third-order valence-corrected chi connectivity index (χ3v) is 1.73. The molecule has 1 amide bonds. The molecule has 0 radical (unpaired) electrons. The van der Waals surface area contributed by atoms with Gasteiger partial charge in [0.25, 0.3) is 0 Å². The minimum absolute atomic E-state index is 0.00810. The zero-order valence-corrected chi connectivity index (χ0v) is 9.44. The number of nitrogens with one attached hydrogen (secondary N) is 1. The molecule has 0 rings (SSSR count). The van der Waals surface area contributed by atoms with Gasteiger partial charge < -0.3 is 25.3 Å². The van der Waals surface area contributed by atoms with Crippen LogP contribution in [0.1, 0.15) is 12.8 Å². The van der Waals surface area contributed by atoms with Gasteiger partial charge in [0.2, 0.25) is 5.91 Å². The van der Waals surface area contributed by atoms with E-state index in [0.717, 1.165) is 0 Å². The van der Waals surface area contributed by atoms with Crippen LogP contribution in [0.15, 0.2) is 0 Å². The highest BCUT2D eigenvalue weighted by Crippen LogP contribution is 1.85. The molecule has 0 heterocycles. The summed E-state index contributed by atoms with van der Waals surface area (Å²) in [7, 11) is 0. The van der Waals surface area contributed by atoms with Gasteiger partial charge in [0.1, 0.15) is 12.9 Å². The van der Waals surface area contributed by atoms with Crippen LogP contribution in [-0.2, 0) is 19.1 Å². The summed E-state index contributed by atoms with van der Waals surface area (Å²) in [5.41, 5.74) is 5.27. The quantitative estimate of drug-likeness (QED) is 0.355. The molecule has 94 valence electrons. The first kappa shape index (κ1) is 15.0. The largest absolute Gasteiger partial charge is 0.377 e. The maximum Gasteiger partial charge on any atom is 0.220 e. The molecule has 3 N–H and O–H groups in total. The molecule has 0 fully saturated rings. The van der Waals surface area contributed by atoms with Crippen LogP contribution in [0.25, 0.3) is 0 Å². The average Bonchev–Trinajstić information content (AvgIpc) is 2.30. The molecular formula is C10H20N2O4. The van der Waals surface area contributed by atoms with Gasteiger partial charge >= 0.3 is 0 Å². The minimum atomic E-state index is -0.00810. The summed E-state index contributed by atoms with van der Waals surface area (Å²) < 4.78 is 10.0. The molecule has 16 heavy (non-hydrogen) atoms. The predicted octanol–water partition coefficient (Wildman–Crippen LogP) is -0.926. The second kappa shape index (κ2) is 12.1. The lowest BCUT2D eigenvalue weighted by molar-refractivity contribution is -0.121. The Morgan fingerprint density at radius 2 is 2.00 bits per heavy atom. The highest BCUT2D eigenvalue weighted by atomic mass is 16.5. The zero-order valence-electron chi connectivity index (χ0n) is 9.44. The molecule has 6 heteroatoms. The van der Waals surface area contributed by atoms with Crippen LogP contribution >= 0.6 is 0 Å². The highest BCUT2D eigenvalue weighted by Gasteiger charge is 1.98. The number of aldehydes is 1. The number of amides is 1. The first-order valence-corrected chi connectivity index (χ1v) is 5.37. The van der Waals surface area contributed by atoms with E-state index in [1.54, 1.807) is 0 Å². The third-order valence-electron chi connectivity index (χ3n) is 1.73. The molecule has 0 bridgehead atoms. The minimum Gasteiger partial charge on any atom is -0.377 e. The molecule has 0 saturated carbocycles. The summed E-state index contributed by atoms with van der Waals surface area (Å²) in [5, 5.41) is 2.70. The lowest BCUT2D eigenvalue weighted by Crippen LogP contribution is -2.27. The van der Waals surface area contributed by atoms with Crippen molar-refractivity contribution in [2.24, 2.45) is 5.73 Å². The number of hydrogen-bond donors (Lipinski definition) is 2. The Morgan fingerprint density at radius 1 is 1.25 bits per heavy atom. The lowest BCUT2D eigenvalue weighted by atomic mass is 10.3. The van der Waals surface area contributed by atoms with Gasteiger partial charge in [0, 0.05) is 13.0 Å². The van der Waals surface area contributed by atoms with Crippen LogP contribution in [0.2, 0.25) is 0 Å². The van der Waals surface area contributed by atoms with E-state index in [1.165, 1.54) is 0 Å². The van der Waals surface area contributed by atoms with Gasteiger partial charge in [-0.2, -0.15) is 0 Å². The number of carbonyl (C=O) groups excluding carboxylic acids is 2. The number of carbonyl (C=O) groups is 2. The van der Waals surface area contributed by atoms with Crippen molar-refractivity contribution in [3.63, 3.8) is 0 Å². The Balaban J connectivity index is 3.08. The second-order valence-electron chi connectivity index (χ2n) is 3.10. The van der Waals surface area contributed by atoms with Crippen molar-refractivity contribution < 1.29 is 19.1 Å². The fourth-order valence-corrected chi connectivity index (χ4v) is 0.965. The zero-order chi connectivity index (χ0) is 12.1. The summed E-state index contributed by atoms with van der Waals surface area (Å²) in [6.45, 7) is 2.36. The molecular weight excluding hydrogens is 212 g/mol. The number of hydrogen-bond acceptors (Lipinski definition) is 5. The fraction of sp³-hybridized carbons (Fsp3) is 0.800. The molecule has 0 aliphatic heterocycles. The Bertz CT molecular complexity index is 188. The molecule has 0 aromatic carbocycles. The van der Waals surface area contributed by atoms with Crippen molar-refractivity contribution in [2.75, 3.05) is 39.5 Å². The Labute approximate surface area is 95.5 Å². The third kappa shape index (κ3) is 11.1. The van der Waals surface area contributed by atoms with E-state index in [4.69, 9.17) is 15.2 Å². The van der Waals surface area contributed by atoms with Crippen LogP contribution in [-0.4, -0.2) is 51.7 Å². The predicted molar refractivity (Wildman–Crippen MR) is 59.0 cm³/mol. The fourth-order valence-electron chi connectivity index (χ4n) is 0.965. The first-order valence-electron chi connectivity index (χ1n) is 5.37. The molecule has 0 unspecified atom stereocenters. The summed E-state index contributed by atoms with van der Waals surface area (Å²) >= 11 is 0. The number of nitrogens with two attached hydrogens (primary N) is 1. The average molecular weight is 232 g/mol. The molecule has 0 aliphatic rings. The van der Waals surface area contributed by atoms with Gasteiger partial charge in [-0.25, -0.2) is 0 Å². The summed E-state index contributed by atoms with van der Waals surface area (Å²) in [5.74, 6) is -0.00810. The highest BCUT2D eigenvalue weighted by molar-refractivity contribution is 5.75. The Hall–Kier alpha value is -0.980. The summed E-state index contributed by atoms with van der Waals surface area (Å²) in [6.07, 6.45) is 1.85. The molecule has 6 nitrogen and oxygen atoms in total. The summed E-state index contributed by atoms with van der Waals surface area (Å²) in [6, 6.07) is 0. The van der Waals surface area contributed by atoms with Crippen molar-refractivity contribution in [3.05, 3.63) is 0 Å². The monoisotopic (exact) mass is 232 g/mol. The van der Waals surface area contributed by atoms with E-state index >= 15 is 0 Å². The molecule has 0 saturated heterocycles. The van der Waals surface area contributed by atoms with E-state index in [2.05, 4.69) is 5.32 Å². The smallest absolute Gasteiger partial charge is 0.220 e. The lowest BCUT2D eigenvalue weighted by Gasteiger charge is -2.06. The van der Waals surface area contributed by atoms with Crippen molar-refractivity contribution in [3.8, 4) is 0 Å². The SMILES string of the molecule is NCCCC(=O)NCCOCCOCC=O. The maximum absolute atomic E-state index is 11.1. The standard InChI is InChI=1S/C10H20N2O4/c11-3-1-2-10(14)12-4-6-15-8-9-16-7-5-13/h5H,1-4,6-9,11H2,(H,12,14). The molecule has 0 aromatic rings. The van der Waals surface area contributed by atoms with Crippen molar-refractivity contribution >= 4 is 12.2 Å². The molecule has 0 spiro atoms.